The quantitative estimate of drug-likeness (QED) is 0.849. The standard InChI is InChI=1S/C15H30N2S/c1-11(2)15-9-16-12(3)10-17(15)13-5-7-14(18-4)8-6-13/h11-16H,5-10H2,1-4H3. The van der Waals surface area contributed by atoms with Crippen LogP contribution in [-0.2, 0) is 0 Å². The smallest absolute Gasteiger partial charge is 0.0247 e. The summed E-state index contributed by atoms with van der Waals surface area (Å²) in [7, 11) is 0. The van der Waals surface area contributed by atoms with E-state index in [1.807, 2.05) is 0 Å². The average molecular weight is 270 g/mol. The Bertz CT molecular complexity index is 249. The second-order valence-corrected chi connectivity index (χ2v) is 7.62. The van der Waals surface area contributed by atoms with Crippen LogP contribution in [0.15, 0.2) is 0 Å². The Balaban J connectivity index is 1.95. The molecule has 2 unspecified atom stereocenters. The third kappa shape index (κ3) is 3.43. The highest BCUT2D eigenvalue weighted by Gasteiger charge is 2.34. The van der Waals surface area contributed by atoms with Crippen LogP contribution in [0.2, 0.25) is 0 Å². The molecule has 0 aromatic rings. The maximum atomic E-state index is 3.66. The maximum absolute atomic E-state index is 3.66. The van der Waals surface area contributed by atoms with Gasteiger partial charge in [0, 0.05) is 36.5 Å². The molecule has 2 rings (SSSR count). The van der Waals surface area contributed by atoms with Gasteiger partial charge in [0.05, 0.1) is 0 Å². The number of thioether (sulfide) groups is 1. The second-order valence-electron chi connectivity index (χ2n) is 6.48. The Morgan fingerprint density at radius 2 is 1.83 bits per heavy atom. The van der Waals surface area contributed by atoms with Crippen LogP contribution in [-0.4, -0.2) is 47.6 Å². The van der Waals surface area contributed by atoms with E-state index in [1.165, 1.54) is 38.8 Å². The summed E-state index contributed by atoms with van der Waals surface area (Å²) in [5.74, 6) is 0.767. The molecule has 0 aromatic heterocycles. The van der Waals surface area contributed by atoms with Crippen LogP contribution >= 0.6 is 11.8 Å². The van der Waals surface area contributed by atoms with Gasteiger partial charge in [-0.1, -0.05) is 13.8 Å². The molecule has 1 aliphatic carbocycles. The molecule has 2 nitrogen and oxygen atoms in total. The van der Waals surface area contributed by atoms with E-state index in [1.54, 1.807) is 0 Å². The van der Waals surface area contributed by atoms with E-state index in [-0.39, 0.29) is 0 Å². The summed E-state index contributed by atoms with van der Waals surface area (Å²) in [5, 5.41) is 4.59. The molecule has 1 aliphatic heterocycles. The fourth-order valence-electron chi connectivity index (χ4n) is 3.61. The van der Waals surface area contributed by atoms with E-state index in [0.717, 1.165) is 23.3 Å². The highest BCUT2D eigenvalue weighted by Crippen LogP contribution is 2.32. The Hall–Kier alpha value is 0.270. The zero-order valence-electron chi connectivity index (χ0n) is 12.5. The van der Waals surface area contributed by atoms with Crippen LogP contribution in [0.3, 0.4) is 0 Å². The first-order valence-corrected chi connectivity index (χ1v) is 8.92. The number of hydrogen-bond donors (Lipinski definition) is 1. The van der Waals surface area contributed by atoms with Gasteiger partial charge in [0.15, 0.2) is 0 Å². The van der Waals surface area contributed by atoms with E-state index in [4.69, 9.17) is 0 Å². The van der Waals surface area contributed by atoms with Crippen molar-refractivity contribution in [2.45, 2.75) is 69.8 Å². The molecule has 0 aromatic carbocycles. The third-order valence-electron chi connectivity index (χ3n) is 4.80. The minimum absolute atomic E-state index is 0.665. The predicted octanol–water partition coefficient (Wildman–Crippen LogP) is 2.98. The van der Waals surface area contributed by atoms with Crippen molar-refractivity contribution in [3.05, 3.63) is 0 Å². The van der Waals surface area contributed by atoms with Crippen LogP contribution < -0.4 is 5.32 Å². The molecular formula is C15H30N2S. The molecule has 0 amide bonds. The third-order valence-corrected chi connectivity index (χ3v) is 5.94. The van der Waals surface area contributed by atoms with Gasteiger partial charge in [0.1, 0.15) is 0 Å². The lowest BCUT2D eigenvalue weighted by atomic mass is 9.89. The topological polar surface area (TPSA) is 15.3 Å². The molecule has 0 spiro atoms. The first-order chi connectivity index (χ1) is 8.61. The molecule has 2 aliphatic rings. The van der Waals surface area contributed by atoms with Crippen molar-refractivity contribution in [2.75, 3.05) is 19.3 Å². The van der Waals surface area contributed by atoms with Crippen LogP contribution in [0.25, 0.3) is 0 Å². The summed E-state index contributed by atoms with van der Waals surface area (Å²) in [6.07, 6.45) is 7.96. The SMILES string of the molecule is CSC1CCC(N2CC(C)NCC2C(C)C)CC1. The minimum atomic E-state index is 0.665. The summed E-state index contributed by atoms with van der Waals surface area (Å²) in [4.78, 5) is 2.84. The van der Waals surface area contributed by atoms with E-state index < -0.39 is 0 Å². The lowest BCUT2D eigenvalue weighted by molar-refractivity contribution is 0.0431. The molecule has 1 saturated heterocycles. The van der Waals surface area contributed by atoms with E-state index in [0.29, 0.717) is 6.04 Å². The molecular weight excluding hydrogens is 240 g/mol. The van der Waals surface area contributed by atoms with Crippen molar-refractivity contribution in [2.24, 2.45) is 5.92 Å². The number of hydrogen-bond acceptors (Lipinski definition) is 3. The van der Waals surface area contributed by atoms with Crippen LogP contribution in [0.1, 0.15) is 46.5 Å². The summed E-state index contributed by atoms with van der Waals surface area (Å²) < 4.78 is 0. The summed E-state index contributed by atoms with van der Waals surface area (Å²) in [5.41, 5.74) is 0. The summed E-state index contributed by atoms with van der Waals surface area (Å²) in [6.45, 7) is 9.52. The summed E-state index contributed by atoms with van der Waals surface area (Å²) >= 11 is 2.07. The zero-order valence-corrected chi connectivity index (χ0v) is 13.3. The lowest BCUT2D eigenvalue weighted by Gasteiger charge is -2.47. The van der Waals surface area contributed by atoms with Gasteiger partial charge in [-0.2, -0.15) is 11.8 Å². The zero-order chi connectivity index (χ0) is 13.1. The average Bonchev–Trinajstić information content (AvgIpc) is 2.38. The van der Waals surface area contributed by atoms with Gasteiger partial charge in [-0.3, -0.25) is 4.90 Å². The van der Waals surface area contributed by atoms with Crippen molar-refractivity contribution in [3.63, 3.8) is 0 Å². The first-order valence-electron chi connectivity index (χ1n) is 7.63. The molecule has 0 radical (unpaired) electrons. The molecule has 3 heteroatoms. The number of nitrogens with one attached hydrogen (secondary N) is 1. The minimum Gasteiger partial charge on any atom is -0.311 e. The Labute approximate surface area is 117 Å². The number of rotatable bonds is 3. The largest absolute Gasteiger partial charge is 0.311 e. The van der Waals surface area contributed by atoms with Crippen LogP contribution in [0.4, 0.5) is 0 Å². The predicted molar refractivity (Wildman–Crippen MR) is 82.4 cm³/mol. The Morgan fingerprint density at radius 3 is 2.39 bits per heavy atom. The summed E-state index contributed by atoms with van der Waals surface area (Å²) in [6, 6.07) is 2.26. The fraction of sp³-hybridized carbons (Fsp3) is 1.00. The number of nitrogens with zero attached hydrogens (tertiary/aromatic N) is 1. The molecule has 2 fully saturated rings. The van der Waals surface area contributed by atoms with Crippen molar-refractivity contribution < 1.29 is 0 Å². The molecule has 1 heterocycles. The molecule has 1 N–H and O–H groups in total. The molecule has 18 heavy (non-hydrogen) atoms. The molecule has 106 valence electrons. The van der Waals surface area contributed by atoms with Crippen molar-refractivity contribution in [1.29, 1.82) is 0 Å². The van der Waals surface area contributed by atoms with Gasteiger partial charge < -0.3 is 5.32 Å². The fourth-order valence-corrected chi connectivity index (χ4v) is 4.35. The van der Waals surface area contributed by atoms with Gasteiger partial charge in [0.2, 0.25) is 0 Å². The molecule has 2 atom stereocenters. The van der Waals surface area contributed by atoms with Gasteiger partial charge in [-0.25, -0.2) is 0 Å². The van der Waals surface area contributed by atoms with Gasteiger partial charge in [0.25, 0.3) is 0 Å². The number of piperazine rings is 1. The molecule has 1 saturated carbocycles. The first kappa shape index (κ1) is 14.7. The second kappa shape index (κ2) is 6.62. The van der Waals surface area contributed by atoms with E-state index >= 15 is 0 Å². The van der Waals surface area contributed by atoms with Crippen molar-refractivity contribution in [1.82, 2.24) is 10.2 Å². The van der Waals surface area contributed by atoms with Gasteiger partial charge >= 0.3 is 0 Å². The van der Waals surface area contributed by atoms with Gasteiger partial charge in [-0.15, -0.1) is 0 Å². The Kier molecular flexibility index (Phi) is 5.40. The highest BCUT2D eigenvalue weighted by molar-refractivity contribution is 7.99. The maximum Gasteiger partial charge on any atom is 0.0247 e. The highest BCUT2D eigenvalue weighted by atomic mass is 32.2. The molecule has 0 bridgehead atoms. The van der Waals surface area contributed by atoms with Crippen molar-refractivity contribution >= 4 is 11.8 Å². The Morgan fingerprint density at radius 1 is 1.17 bits per heavy atom. The normalized spacial score (nSPS) is 39.2. The van der Waals surface area contributed by atoms with Crippen molar-refractivity contribution in [3.8, 4) is 0 Å². The van der Waals surface area contributed by atoms with Crippen LogP contribution in [0, 0.1) is 5.92 Å². The monoisotopic (exact) mass is 270 g/mol. The van der Waals surface area contributed by atoms with E-state index in [9.17, 15) is 0 Å². The van der Waals surface area contributed by atoms with Crippen LogP contribution in [0.5, 0.6) is 0 Å². The lowest BCUT2D eigenvalue weighted by Crippen LogP contribution is -2.60. The van der Waals surface area contributed by atoms with Gasteiger partial charge in [-0.05, 0) is 44.8 Å². The van der Waals surface area contributed by atoms with E-state index in [2.05, 4.69) is 49.0 Å².